The first-order valence-corrected chi connectivity index (χ1v) is 8.49. The number of nitrogens with zero attached hydrogens (tertiary/aromatic N) is 1. The van der Waals surface area contributed by atoms with Gasteiger partial charge in [-0.05, 0) is 44.4 Å². The van der Waals surface area contributed by atoms with E-state index in [2.05, 4.69) is 18.7 Å². The Balaban J connectivity index is 2.14. The molecule has 1 atom stereocenters. The minimum atomic E-state index is -0.0597. The average molecular weight is 286 g/mol. The number of hydrogen-bond donors (Lipinski definition) is 0. The molecule has 2 aliphatic rings. The van der Waals surface area contributed by atoms with Gasteiger partial charge in [0.1, 0.15) is 0 Å². The van der Waals surface area contributed by atoms with Crippen molar-refractivity contribution in [2.75, 3.05) is 12.4 Å². The van der Waals surface area contributed by atoms with Gasteiger partial charge in [0.05, 0.1) is 0 Å². The number of likely N-dealkylation sites (tertiary alicyclic amines) is 1. The summed E-state index contributed by atoms with van der Waals surface area (Å²) in [6.07, 6.45) is 9.14. The molecule has 19 heavy (non-hydrogen) atoms. The van der Waals surface area contributed by atoms with Gasteiger partial charge in [0, 0.05) is 23.9 Å². The van der Waals surface area contributed by atoms with Gasteiger partial charge in [-0.25, -0.2) is 0 Å². The number of hydrogen-bond acceptors (Lipinski definition) is 1. The molecule has 2 nitrogen and oxygen atoms in total. The number of rotatable bonds is 4. The van der Waals surface area contributed by atoms with Gasteiger partial charge in [-0.15, -0.1) is 11.6 Å². The molecular formula is C16H28ClNO. The van der Waals surface area contributed by atoms with Gasteiger partial charge in [-0.3, -0.25) is 4.79 Å². The fourth-order valence-electron chi connectivity index (χ4n) is 4.07. The van der Waals surface area contributed by atoms with E-state index in [4.69, 9.17) is 11.6 Å². The molecule has 1 saturated heterocycles. The summed E-state index contributed by atoms with van der Waals surface area (Å²) in [4.78, 5) is 15.2. The normalized spacial score (nSPS) is 26.9. The predicted octanol–water partition coefficient (Wildman–Crippen LogP) is 4.21. The molecular weight excluding hydrogens is 258 g/mol. The largest absolute Gasteiger partial charge is 0.338 e. The Kier molecular flexibility index (Phi) is 5.16. The van der Waals surface area contributed by atoms with E-state index in [1.807, 2.05) is 0 Å². The monoisotopic (exact) mass is 285 g/mol. The molecule has 0 spiro atoms. The van der Waals surface area contributed by atoms with Crippen LogP contribution in [0.3, 0.4) is 0 Å². The van der Waals surface area contributed by atoms with E-state index in [0.29, 0.717) is 17.7 Å². The van der Waals surface area contributed by atoms with Gasteiger partial charge in [-0.1, -0.05) is 26.7 Å². The minimum absolute atomic E-state index is 0.0597. The molecule has 0 aromatic rings. The molecule has 1 aliphatic heterocycles. The second kappa shape index (κ2) is 6.47. The smallest absolute Gasteiger partial charge is 0.229 e. The van der Waals surface area contributed by atoms with Crippen molar-refractivity contribution in [1.82, 2.24) is 4.90 Å². The number of piperidine rings is 1. The highest BCUT2D eigenvalue weighted by Gasteiger charge is 2.45. The zero-order valence-corrected chi connectivity index (χ0v) is 13.2. The van der Waals surface area contributed by atoms with Crippen molar-refractivity contribution in [2.45, 2.75) is 71.3 Å². The minimum Gasteiger partial charge on any atom is -0.338 e. The van der Waals surface area contributed by atoms with Gasteiger partial charge in [0.15, 0.2) is 0 Å². The summed E-state index contributed by atoms with van der Waals surface area (Å²) in [6.45, 7) is 5.40. The Labute approximate surface area is 122 Å². The fourth-order valence-corrected chi connectivity index (χ4v) is 4.39. The molecule has 1 heterocycles. The first kappa shape index (κ1) is 15.2. The first-order valence-electron chi connectivity index (χ1n) is 7.96. The third-order valence-corrected chi connectivity index (χ3v) is 5.24. The Bertz CT molecular complexity index is 310. The molecule has 0 aromatic carbocycles. The van der Waals surface area contributed by atoms with Gasteiger partial charge in [-0.2, -0.15) is 0 Å². The van der Waals surface area contributed by atoms with Crippen LogP contribution < -0.4 is 0 Å². The van der Waals surface area contributed by atoms with Crippen molar-refractivity contribution in [2.24, 2.45) is 11.3 Å². The lowest BCUT2D eigenvalue weighted by atomic mass is 9.76. The van der Waals surface area contributed by atoms with Crippen molar-refractivity contribution in [1.29, 1.82) is 0 Å². The van der Waals surface area contributed by atoms with E-state index < -0.39 is 0 Å². The summed E-state index contributed by atoms with van der Waals surface area (Å²) in [7, 11) is 0. The van der Waals surface area contributed by atoms with Gasteiger partial charge in [0.25, 0.3) is 0 Å². The molecule has 0 bridgehead atoms. The van der Waals surface area contributed by atoms with Crippen LogP contribution in [0.5, 0.6) is 0 Å². The van der Waals surface area contributed by atoms with Crippen molar-refractivity contribution in [3.8, 4) is 0 Å². The van der Waals surface area contributed by atoms with Crippen LogP contribution in [-0.4, -0.2) is 29.3 Å². The van der Waals surface area contributed by atoms with Crippen LogP contribution in [0.2, 0.25) is 0 Å². The van der Waals surface area contributed by atoms with Crippen molar-refractivity contribution in [3.63, 3.8) is 0 Å². The quantitative estimate of drug-likeness (QED) is 0.709. The Morgan fingerprint density at radius 2 is 1.95 bits per heavy atom. The molecule has 0 aromatic heterocycles. The van der Waals surface area contributed by atoms with Crippen LogP contribution in [0, 0.1) is 11.3 Å². The molecule has 1 aliphatic carbocycles. The maximum absolute atomic E-state index is 13.1. The zero-order valence-electron chi connectivity index (χ0n) is 12.5. The summed E-state index contributed by atoms with van der Waals surface area (Å²) in [5.41, 5.74) is -0.0597. The Hall–Kier alpha value is -0.240. The highest BCUT2D eigenvalue weighted by Crippen LogP contribution is 2.45. The first-order chi connectivity index (χ1) is 9.09. The SMILES string of the molecule is CC(C)CC1(C(=O)N2CCCCC2CCl)CCCC1. The van der Waals surface area contributed by atoms with Crippen molar-refractivity contribution >= 4 is 17.5 Å². The summed E-state index contributed by atoms with van der Waals surface area (Å²) in [5, 5.41) is 0. The Morgan fingerprint density at radius 1 is 1.26 bits per heavy atom. The third-order valence-electron chi connectivity index (χ3n) is 4.88. The lowest BCUT2D eigenvalue weighted by Crippen LogP contribution is -2.51. The second-order valence-corrected chi connectivity index (χ2v) is 7.20. The summed E-state index contributed by atoms with van der Waals surface area (Å²) < 4.78 is 0. The zero-order chi connectivity index (χ0) is 13.9. The van der Waals surface area contributed by atoms with Crippen molar-refractivity contribution in [3.05, 3.63) is 0 Å². The average Bonchev–Trinajstić information content (AvgIpc) is 2.86. The number of carbonyl (C=O) groups is 1. The molecule has 1 unspecified atom stereocenters. The topological polar surface area (TPSA) is 20.3 Å². The molecule has 0 N–H and O–H groups in total. The third kappa shape index (κ3) is 3.26. The standard InChI is InChI=1S/C16H28ClNO/c1-13(2)11-16(8-4-5-9-16)15(19)18-10-6-3-7-14(18)12-17/h13-14H,3-12H2,1-2H3. The molecule has 110 valence electrons. The molecule has 1 saturated carbocycles. The predicted molar refractivity (Wildman–Crippen MR) is 80.4 cm³/mol. The van der Waals surface area contributed by atoms with Crippen LogP contribution in [0.1, 0.15) is 65.2 Å². The van der Waals surface area contributed by atoms with E-state index in [1.165, 1.54) is 19.3 Å². The van der Waals surface area contributed by atoms with Crippen LogP contribution in [0.4, 0.5) is 0 Å². The number of alkyl halides is 1. The summed E-state index contributed by atoms with van der Waals surface area (Å²) in [5.74, 6) is 1.62. The maximum atomic E-state index is 13.1. The van der Waals surface area contributed by atoms with Gasteiger partial charge >= 0.3 is 0 Å². The second-order valence-electron chi connectivity index (χ2n) is 6.89. The van der Waals surface area contributed by atoms with E-state index in [-0.39, 0.29) is 11.5 Å². The lowest BCUT2D eigenvalue weighted by Gasteiger charge is -2.41. The van der Waals surface area contributed by atoms with E-state index in [1.54, 1.807) is 0 Å². The van der Waals surface area contributed by atoms with E-state index >= 15 is 0 Å². The highest BCUT2D eigenvalue weighted by molar-refractivity contribution is 6.18. The van der Waals surface area contributed by atoms with Crippen LogP contribution >= 0.6 is 11.6 Å². The van der Waals surface area contributed by atoms with Gasteiger partial charge in [0.2, 0.25) is 5.91 Å². The van der Waals surface area contributed by atoms with Gasteiger partial charge < -0.3 is 4.90 Å². The molecule has 3 heteroatoms. The molecule has 1 amide bonds. The molecule has 2 fully saturated rings. The van der Waals surface area contributed by atoms with E-state index in [0.717, 1.165) is 38.6 Å². The summed E-state index contributed by atoms with van der Waals surface area (Å²) in [6, 6.07) is 0.285. The molecule has 0 radical (unpaired) electrons. The number of carbonyl (C=O) groups excluding carboxylic acids is 1. The van der Waals surface area contributed by atoms with Crippen molar-refractivity contribution < 1.29 is 4.79 Å². The molecule has 2 rings (SSSR count). The lowest BCUT2D eigenvalue weighted by molar-refractivity contribution is -0.146. The number of amides is 1. The fraction of sp³-hybridized carbons (Fsp3) is 0.938. The summed E-state index contributed by atoms with van der Waals surface area (Å²) >= 11 is 6.08. The van der Waals surface area contributed by atoms with Crippen LogP contribution in [0.25, 0.3) is 0 Å². The maximum Gasteiger partial charge on any atom is 0.229 e. The highest BCUT2D eigenvalue weighted by atomic mass is 35.5. The Morgan fingerprint density at radius 3 is 2.53 bits per heavy atom. The van der Waals surface area contributed by atoms with Crippen LogP contribution in [-0.2, 0) is 4.79 Å². The van der Waals surface area contributed by atoms with Crippen LogP contribution in [0.15, 0.2) is 0 Å². The number of halogens is 1. The van der Waals surface area contributed by atoms with E-state index in [9.17, 15) is 4.79 Å².